The molecule has 1 aliphatic rings. The van der Waals surface area contributed by atoms with Gasteiger partial charge in [-0.2, -0.15) is 0 Å². The molecule has 2 atom stereocenters. The number of allylic oxidation sites excluding steroid dienone is 2. The predicted molar refractivity (Wildman–Crippen MR) is 108 cm³/mol. The monoisotopic (exact) mass is 396 g/mol. The van der Waals surface area contributed by atoms with Gasteiger partial charge in [-0.05, 0) is 42.7 Å². The molecule has 2 unspecified atom stereocenters. The molecule has 3 rings (SSSR count). The number of hydrogen-bond acceptors (Lipinski definition) is 6. The van der Waals surface area contributed by atoms with Crippen LogP contribution < -0.4 is 9.47 Å². The second-order valence-electron chi connectivity index (χ2n) is 6.74. The van der Waals surface area contributed by atoms with E-state index in [2.05, 4.69) is 0 Å². The van der Waals surface area contributed by atoms with Crippen LogP contribution in [0.2, 0.25) is 0 Å². The molecule has 0 bridgehead atoms. The molecule has 0 amide bonds. The van der Waals surface area contributed by atoms with Crippen LogP contribution in [0, 0.1) is 5.92 Å². The molecule has 29 heavy (non-hydrogen) atoms. The van der Waals surface area contributed by atoms with Crippen LogP contribution in [0.25, 0.3) is 5.57 Å². The molecule has 0 fully saturated rings. The number of rotatable bonds is 6. The topological polar surface area (TPSA) is 82.1 Å². The number of hydrogen-bond donors (Lipinski definition) is 1. The first-order valence-electron chi connectivity index (χ1n) is 9.41. The van der Waals surface area contributed by atoms with E-state index in [1.165, 1.54) is 13.2 Å². The van der Waals surface area contributed by atoms with Crippen molar-refractivity contribution in [3.63, 3.8) is 0 Å². The quantitative estimate of drug-likeness (QED) is 0.592. The van der Waals surface area contributed by atoms with E-state index in [0.717, 1.165) is 0 Å². The third-order valence-corrected chi connectivity index (χ3v) is 5.10. The minimum Gasteiger partial charge on any atom is -0.507 e. The number of ether oxygens (including phenoxy) is 3. The van der Waals surface area contributed by atoms with Crippen LogP contribution in [0.15, 0.2) is 48.5 Å². The highest BCUT2D eigenvalue weighted by Gasteiger charge is 2.41. The Morgan fingerprint density at radius 1 is 1.14 bits per heavy atom. The molecule has 0 saturated heterocycles. The number of carbonyl (C=O) groups excluding carboxylic acids is 2. The predicted octanol–water partition coefficient (Wildman–Crippen LogP) is 3.73. The summed E-state index contributed by atoms with van der Waals surface area (Å²) in [5.41, 5.74) is 1.94. The molecule has 2 aromatic rings. The molecule has 0 aliphatic heterocycles. The van der Waals surface area contributed by atoms with E-state index >= 15 is 0 Å². The molecule has 0 radical (unpaired) electrons. The normalized spacial score (nSPS) is 18.7. The lowest BCUT2D eigenvalue weighted by molar-refractivity contribution is -0.151. The third kappa shape index (κ3) is 4.11. The van der Waals surface area contributed by atoms with Gasteiger partial charge in [-0.15, -0.1) is 0 Å². The van der Waals surface area contributed by atoms with Crippen molar-refractivity contribution >= 4 is 17.3 Å². The van der Waals surface area contributed by atoms with Crippen molar-refractivity contribution in [3.8, 4) is 17.2 Å². The fourth-order valence-corrected chi connectivity index (χ4v) is 3.73. The van der Waals surface area contributed by atoms with Crippen LogP contribution in [0.5, 0.6) is 17.2 Å². The molecule has 0 aromatic heterocycles. The van der Waals surface area contributed by atoms with E-state index in [1.807, 2.05) is 0 Å². The molecule has 1 aliphatic carbocycles. The Morgan fingerprint density at radius 2 is 1.90 bits per heavy atom. The van der Waals surface area contributed by atoms with E-state index in [9.17, 15) is 14.7 Å². The van der Waals surface area contributed by atoms with Gasteiger partial charge in [0.25, 0.3) is 0 Å². The Morgan fingerprint density at radius 3 is 2.55 bits per heavy atom. The summed E-state index contributed by atoms with van der Waals surface area (Å²) in [6.07, 6.45) is 1.80. The number of phenolic OH excluding ortho intramolecular Hbond substituents is 1. The Labute approximate surface area is 169 Å². The molecule has 0 heterocycles. The standard InChI is InChI=1S/C23H24O6/c1-4-29-23(26)22-18(17-10-9-15(27-2)13-21(17)28-3)11-14(12-20(22)25)16-7-5-6-8-19(16)24/h5-10,12-13,18,22,24H,4,11H2,1-3H3. The largest absolute Gasteiger partial charge is 0.507 e. The van der Waals surface area contributed by atoms with Crippen molar-refractivity contribution in [1.29, 1.82) is 0 Å². The van der Waals surface area contributed by atoms with E-state index in [1.54, 1.807) is 56.5 Å². The summed E-state index contributed by atoms with van der Waals surface area (Å²) in [6.45, 7) is 1.89. The molecule has 6 nitrogen and oxygen atoms in total. The lowest BCUT2D eigenvalue weighted by Crippen LogP contribution is -2.34. The van der Waals surface area contributed by atoms with Gasteiger partial charge in [0.2, 0.25) is 0 Å². The van der Waals surface area contributed by atoms with Gasteiger partial charge < -0.3 is 19.3 Å². The van der Waals surface area contributed by atoms with Gasteiger partial charge in [-0.3, -0.25) is 9.59 Å². The Bertz CT molecular complexity index is 946. The average Bonchev–Trinajstić information content (AvgIpc) is 2.73. The zero-order valence-corrected chi connectivity index (χ0v) is 16.7. The van der Waals surface area contributed by atoms with Crippen LogP contribution in [-0.4, -0.2) is 37.7 Å². The summed E-state index contributed by atoms with van der Waals surface area (Å²) in [5.74, 6) is -1.17. The van der Waals surface area contributed by atoms with Gasteiger partial charge in [0, 0.05) is 17.5 Å². The highest BCUT2D eigenvalue weighted by molar-refractivity contribution is 6.11. The summed E-state index contributed by atoms with van der Waals surface area (Å²) in [4.78, 5) is 25.6. The van der Waals surface area contributed by atoms with Crippen molar-refractivity contribution < 1.29 is 28.9 Å². The Balaban J connectivity index is 2.11. The smallest absolute Gasteiger partial charge is 0.317 e. The van der Waals surface area contributed by atoms with Crippen LogP contribution in [0.3, 0.4) is 0 Å². The lowest BCUT2D eigenvalue weighted by atomic mass is 9.73. The van der Waals surface area contributed by atoms with Crippen molar-refractivity contribution in [3.05, 3.63) is 59.7 Å². The number of carbonyl (C=O) groups is 2. The second kappa shape index (κ2) is 8.82. The number of benzene rings is 2. The van der Waals surface area contributed by atoms with Crippen molar-refractivity contribution in [1.82, 2.24) is 0 Å². The van der Waals surface area contributed by atoms with Gasteiger partial charge in [0.15, 0.2) is 5.78 Å². The van der Waals surface area contributed by atoms with Crippen LogP contribution in [-0.2, 0) is 14.3 Å². The number of methoxy groups -OCH3 is 2. The van der Waals surface area contributed by atoms with Gasteiger partial charge >= 0.3 is 5.97 Å². The highest BCUT2D eigenvalue weighted by atomic mass is 16.5. The number of esters is 1. The molecule has 0 spiro atoms. The molecule has 6 heteroatoms. The van der Waals surface area contributed by atoms with Gasteiger partial charge in [-0.1, -0.05) is 24.3 Å². The fraction of sp³-hybridized carbons (Fsp3) is 0.304. The van der Waals surface area contributed by atoms with Crippen molar-refractivity contribution in [2.24, 2.45) is 5.92 Å². The maximum Gasteiger partial charge on any atom is 0.317 e. The van der Waals surface area contributed by atoms with Crippen molar-refractivity contribution in [2.45, 2.75) is 19.3 Å². The van der Waals surface area contributed by atoms with Gasteiger partial charge in [0.05, 0.1) is 20.8 Å². The minimum atomic E-state index is -0.980. The van der Waals surface area contributed by atoms with E-state index in [4.69, 9.17) is 14.2 Å². The first-order chi connectivity index (χ1) is 14.0. The molecule has 152 valence electrons. The summed E-state index contributed by atoms with van der Waals surface area (Å²) < 4.78 is 16.0. The summed E-state index contributed by atoms with van der Waals surface area (Å²) in [5, 5.41) is 10.2. The molecule has 1 N–H and O–H groups in total. The van der Waals surface area contributed by atoms with Crippen LogP contribution >= 0.6 is 0 Å². The van der Waals surface area contributed by atoms with E-state index < -0.39 is 17.8 Å². The lowest BCUT2D eigenvalue weighted by Gasteiger charge is -2.30. The maximum atomic E-state index is 13.0. The average molecular weight is 396 g/mol. The Kier molecular flexibility index (Phi) is 6.22. The van der Waals surface area contributed by atoms with Crippen molar-refractivity contribution in [2.75, 3.05) is 20.8 Å². The Hall–Kier alpha value is -3.28. The zero-order valence-electron chi connectivity index (χ0n) is 16.7. The van der Waals surface area contributed by atoms with Crippen LogP contribution in [0.1, 0.15) is 30.4 Å². The maximum absolute atomic E-state index is 13.0. The van der Waals surface area contributed by atoms with Gasteiger partial charge in [0.1, 0.15) is 23.2 Å². The first kappa shape index (κ1) is 20.5. The molecular weight excluding hydrogens is 372 g/mol. The van der Waals surface area contributed by atoms with Gasteiger partial charge in [-0.25, -0.2) is 0 Å². The number of phenols is 1. The molecular formula is C23H24O6. The summed E-state index contributed by atoms with van der Waals surface area (Å²) >= 11 is 0. The zero-order chi connectivity index (χ0) is 21.0. The molecule has 0 saturated carbocycles. The number of ketones is 1. The third-order valence-electron chi connectivity index (χ3n) is 5.10. The summed E-state index contributed by atoms with van der Waals surface area (Å²) in [6, 6.07) is 12.1. The first-order valence-corrected chi connectivity index (χ1v) is 9.41. The molecule has 2 aromatic carbocycles. The highest BCUT2D eigenvalue weighted by Crippen LogP contribution is 2.45. The number of aromatic hydroxyl groups is 1. The summed E-state index contributed by atoms with van der Waals surface area (Å²) in [7, 11) is 3.08. The van der Waals surface area contributed by atoms with E-state index in [-0.39, 0.29) is 18.1 Å². The van der Waals surface area contributed by atoms with E-state index in [0.29, 0.717) is 34.6 Å². The second-order valence-corrected chi connectivity index (χ2v) is 6.74. The SMILES string of the molecule is CCOC(=O)C1C(=O)C=C(c2ccccc2O)CC1c1ccc(OC)cc1OC. The number of para-hydroxylation sites is 1. The minimum absolute atomic E-state index is 0.0848. The van der Waals surface area contributed by atoms with Crippen LogP contribution in [0.4, 0.5) is 0 Å². The fourth-order valence-electron chi connectivity index (χ4n) is 3.73.